The van der Waals surface area contributed by atoms with Gasteiger partial charge in [0.2, 0.25) is 0 Å². The molecule has 126 valence electrons. The quantitative estimate of drug-likeness (QED) is 0.854. The van der Waals surface area contributed by atoms with Crippen molar-refractivity contribution in [2.24, 2.45) is 5.92 Å². The standard InChI is InChI=1S/C17H23FN2O3/c1-12(2)9-14-11-20(17(21)23-14)13-3-4-16(15(18)10-13)19-5-7-22-8-6-19/h3-4,10,12,14H,5-9,11H2,1-2H3. The average molecular weight is 322 g/mol. The van der Waals surface area contributed by atoms with Crippen molar-refractivity contribution in [2.45, 2.75) is 26.4 Å². The minimum absolute atomic E-state index is 0.121. The van der Waals surface area contributed by atoms with E-state index < -0.39 is 6.09 Å². The van der Waals surface area contributed by atoms with E-state index in [-0.39, 0.29) is 11.9 Å². The zero-order valence-electron chi connectivity index (χ0n) is 13.6. The van der Waals surface area contributed by atoms with Crippen LogP contribution in [-0.2, 0) is 9.47 Å². The van der Waals surface area contributed by atoms with E-state index in [0.717, 1.165) is 6.42 Å². The van der Waals surface area contributed by atoms with Gasteiger partial charge in [0.15, 0.2) is 0 Å². The topological polar surface area (TPSA) is 42.0 Å². The smallest absolute Gasteiger partial charge is 0.414 e. The summed E-state index contributed by atoms with van der Waals surface area (Å²) in [6.45, 7) is 7.23. The molecule has 2 aliphatic heterocycles. The number of carbonyl (C=O) groups is 1. The number of morpholine rings is 1. The van der Waals surface area contributed by atoms with Crippen LogP contribution in [0, 0.1) is 11.7 Å². The van der Waals surface area contributed by atoms with Crippen molar-refractivity contribution in [3.63, 3.8) is 0 Å². The second-order valence-corrected chi connectivity index (χ2v) is 6.48. The molecule has 2 fully saturated rings. The molecule has 2 heterocycles. The minimum Gasteiger partial charge on any atom is -0.444 e. The molecule has 3 rings (SSSR count). The average Bonchev–Trinajstić information content (AvgIpc) is 2.87. The number of amides is 1. The summed E-state index contributed by atoms with van der Waals surface area (Å²) in [5.41, 5.74) is 1.11. The summed E-state index contributed by atoms with van der Waals surface area (Å²) >= 11 is 0. The summed E-state index contributed by atoms with van der Waals surface area (Å²) in [4.78, 5) is 15.5. The van der Waals surface area contributed by atoms with Crippen molar-refractivity contribution in [2.75, 3.05) is 42.6 Å². The van der Waals surface area contributed by atoms with Crippen LogP contribution < -0.4 is 9.80 Å². The highest BCUT2D eigenvalue weighted by atomic mass is 19.1. The zero-order chi connectivity index (χ0) is 16.4. The highest BCUT2D eigenvalue weighted by Gasteiger charge is 2.33. The number of halogens is 1. The molecule has 6 heteroatoms. The molecule has 5 nitrogen and oxygen atoms in total. The number of nitrogens with zero attached hydrogens (tertiary/aromatic N) is 2. The molecule has 2 saturated heterocycles. The van der Waals surface area contributed by atoms with E-state index >= 15 is 0 Å². The predicted molar refractivity (Wildman–Crippen MR) is 86.5 cm³/mol. The van der Waals surface area contributed by atoms with E-state index in [0.29, 0.717) is 50.1 Å². The molecule has 1 aromatic rings. The van der Waals surface area contributed by atoms with Gasteiger partial charge in [0.1, 0.15) is 11.9 Å². The number of hydrogen-bond donors (Lipinski definition) is 0. The Morgan fingerprint density at radius 3 is 2.70 bits per heavy atom. The van der Waals surface area contributed by atoms with E-state index in [2.05, 4.69) is 13.8 Å². The highest BCUT2D eigenvalue weighted by molar-refractivity contribution is 5.90. The van der Waals surface area contributed by atoms with Crippen LogP contribution in [0.1, 0.15) is 20.3 Å². The Bertz CT molecular complexity index is 573. The van der Waals surface area contributed by atoms with Crippen LogP contribution in [0.3, 0.4) is 0 Å². The molecule has 0 saturated carbocycles. The molecule has 1 atom stereocenters. The Hall–Kier alpha value is -1.82. The van der Waals surface area contributed by atoms with Crippen LogP contribution in [-0.4, -0.2) is 45.0 Å². The first-order valence-electron chi connectivity index (χ1n) is 8.15. The Morgan fingerprint density at radius 1 is 1.30 bits per heavy atom. The largest absolute Gasteiger partial charge is 0.444 e. The SMILES string of the molecule is CC(C)CC1CN(c2ccc(N3CCOCC3)c(F)c2)C(=O)O1. The fraction of sp³-hybridized carbons (Fsp3) is 0.588. The molecule has 23 heavy (non-hydrogen) atoms. The summed E-state index contributed by atoms with van der Waals surface area (Å²) < 4.78 is 25.1. The van der Waals surface area contributed by atoms with Gasteiger partial charge in [0.05, 0.1) is 31.1 Å². The Kier molecular flexibility index (Phi) is 4.71. The molecule has 0 radical (unpaired) electrons. The van der Waals surface area contributed by atoms with Gasteiger partial charge in [-0.1, -0.05) is 13.8 Å². The number of cyclic esters (lactones) is 1. The van der Waals surface area contributed by atoms with E-state index in [4.69, 9.17) is 9.47 Å². The van der Waals surface area contributed by atoms with Crippen molar-refractivity contribution in [1.29, 1.82) is 0 Å². The fourth-order valence-electron chi connectivity index (χ4n) is 3.11. The van der Waals surface area contributed by atoms with Crippen molar-refractivity contribution >= 4 is 17.5 Å². The predicted octanol–water partition coefficient (Wildman–Crippen LogP) is 3.03. The van der Waals surface area contributed by atoms with Gasteiger partial charge < -0.3 is 14.4 Å². The lowest BCUT2D eigenvalue weighted by Crippen LogP contribution is -2.36. The number of rotatable bonds is 4. The van der Waals surface area contributed by atoms with E-state index in [1.807, 2.05) is 4.90 Å². The molecule has 0 aromatic heterocycles. The van der Waals surface area contributed by atoms with Gasteiger partial charge in [0.25, 0.3) is 0 Å². The third-order valence-electron chi connectivity index (χ3n) is 4.20. The summed E-state index contributed by atoms with van der Waals surface area (Å²) in [5, 5.41) is 0. The van der Waals surface area contributed by atoms with Crippen molar-refractivity contribution in [3.8, 4) is 0 Å². The van der Waals surface area contributed by atoms with Gasteiger partial charge in [-0.2, -0.15) is 0 Å². The van der Waals surface area contributed by atoms with E-state index in [1.165, 1.54) is 11.0 Å². The number of carbonyl (C=O) groups excluding carboxylic acids is 1. The first-order chi connectivity index (χ1) is 11.0. The second kappa shape index (κ2) is 6.74. The summed E-state index contributed by atoms with van der Waals surface area (Å²) in [5.74, 6) is 0.137. The normalized spacial score (nSPS) is 21.9. The number of benzene rings is 1. The van der Waals surface area contributed by atoms with Gasteiger partial charge >= 0.3 is 6.09 Å². The monoisotopic (exact) mass is 322 g/mol. The number of anilines is 2. The molecule has 0 aliphatic carbocycles. The van der Waals surface area contributed by atoms with Crippen LogP contribution in [0.5, 0.6) is 0 Å². The molecule has 1 amide bonds. The molecule has 1 unspecified atom stereocenters. The van der Waals surface area contributed by atoms with Crippen LogP contribution in [0.2, 0.25) is 0 Å². The molecule has 2 aliphatic rings. The third kappa shape index (κ3) is 3.58. The lowest BCUT2D eigenvalue weighted by Gasteiger charge is -2.29. The van der Waals surface area contributed by atoms with Crippen LogP contribution >= 0.6 is 0 Å². The third-order valence-corrected chi connectivity index (χ3v) is 4.20. The first kappa shape index (κ1) is 16.1. The van der Waals surface area contributed by atoms with E-state index in [1.54, 1.807) is 12.1 Å². The maximum Gasteiger partial charge on any atom is 0.414 e. The fourth-order valence-corrected chi connectivity index (χ4v) is 3.11. The maximum absolute atomic E-state index is 14.5. The second-order valence-electron chi connectivity index (χ2n) is 6.48. The van der Waals surface area contributed by atoms with Gasteiger partial charge in [-0.15, -0.1) is 0 Å². The van der Waals surface area contributed by atoms with Crippen LogP contribution in [0.4, 0.5) is 20.6 Å². The van der Waals surface area contributed by atoms with Gasteiger partial charge in [-0.3, -0.25) is 4.90 Å². The van der Waals surface area contributed by atoms with Gasteiger partial charge in [-0.05, 0) is 30.5 Å². The Labute approximate surface area is 136 Å². The maximum atomic E-state index is 14.5. The number of ether oxygens (including phenoxy) is 2. The summed E-state index contributed by atoms with van der Waals surface area (Å²) in [6, 6.07) is 4.94. The zero-order valence-corrected chi connectivity index (χ0v) is 13.6. The van der Waals surface area contributed by atoms with Gasteiger partial charge in [0, 0.05) is 13.1 Å². The molecule has 1 aromatic carbocycles. The Balaban J connectivity index is 1.73. The van der Waals surface area contributed by atoms with Crippen molar-refractivity contribution in [3.05, 3.63) is 24.0 Å². The lowest BCUT2D eigenvalue weighted by molar-refractivity contribution is 0.122. The van der Waals surface area contributed by atoms with E-state index in [9.17, 15) is 9.18 Å². The van der Waals surface area contributed by atoms with Crippen molar-refractivity contribution < 1.29 is 18.7 Å². The van der Waals surface area contributed by atoms with Crippen molar-refractivity contribution in [1.82, 2.24) is 0 Å². The highest BCUT2D eigenvalue weighted by Crippen LogP contribution is 2.29. The van der Waals surface area contributed by atoms with Crippen LogP contribution in [0.25, 0.3) is 0 Å². The number of hydrogen-bond acceptors (Lipinski definition) is 4. The van der Waals surface area contributed by atoms with Crippen LogP contribution in [0.15, 0.2) is 18.2 Å². The molecular weight excluding hydrogens is 299 g/mol. The molecule has 0 bridgehead atoms. The van der Waals surface area contributed by atoms with Gasteiger partial charge in [-0.25, -0.2) is 9.18 Å². The summed E-state index contributed by atoms with van der Waals surface area (Å²) in [7, 11) is 0. The molecule has 0 N–H and O–H groups in total. The Morgan fingerprint density at radius 2 is 2.04 bits per heavy atom. The minimum atomic E-state index is -0.394. The lowest BCUT2D eigenvalue weighted by atomic mass is 10.1. The summed E-state index contributed by atoms with van der Waals surface area (Å²) in [6.07, 6.45) is 0.301. The first-order valence-corrected chi connectivity index (χ1v) is 8.15. The molecule has 0 spiro atoms. The molecular formula is C17H23FN2O3.